The van der Waals surface area contributed by atoms with Crippen molar-refractivity contribution in [3.8, 4) is 5.75 Å². The molecular weight excluding hydrogens is 490 g/mol. The summed E-state index contributed by atoms with van der Waals surface area (Å²) >= 11 is 6.05. The number of benzene rings is 3. The van der Waals surface area contributed by atoms with Gasteiger partial charge >= 0.3 is 0 Å². The third-order valence-electron chi connectivity index (χ3n) is 5.25. The van der Waals surface area contributed by atoms with E-state index < -0.39 is 26.9 Å². The number of phenolic OH excluding ortho intramolecular Hbond substituents is 1. The van der Waals surface area contributed by atoms with Crippen LogP contribution in [0.1, 0.15) is 29.3 Å². The van der Waals surface area contributed by atoms with Gasteiger partial charge in [0.1, 0.15) is 11.0 Å². The molecule has 0 radical (unpaired) electrons. The second-order valence-electron chi connectivity index (χ2n) is 7.76. The molecular formula is C25H24ClN3O5S. The molecule has 0 fully saturated rings. The molecule has 182 valence electrons. The number of nitrogens with zero attached hydrogens (tertiary/aromatic N) is 1. The molecule has 0 saturated heterocycles. The van der Waals surface area contributed by atoms with Gasteiger partial charge in [-0.15, -0.1) is 0 Å². The van der Waals surface area contributed by atoms with Gasteiger partial charge in [-0.2, -0.15) is 0 Å². The van der Waals surface area contributed by atoms with E-state index in [1.54, 1.807) is 26.0 Å². The number of phenols is 1. The molecule has 3 aromatic carbocycles. The molecule has 0 aliphatic carbocycles. The number of rotatable bonds is 8. The second-order valence-corrected chi connectivity index (χ2v) is 10.3. The summed E-state index contributed by atoms with van der Waals surface area (Å²) in [6.07, 6.45) is 0.0605. The van der Waals surface area contributed by atoms with E-state index in [0.29, 0.717) is 5.69 Å². The Balaban J connectivity index is 1.75. The van der Waals surface area contributed by atoms with Crippen LogP contribution in [0.4, 0.5) is 17.1 Å². The predicted molar refractivity (Wildman–Crippen MR) is 138 cm³/mol. The van der Waals surface area contributed by atoms with E-state index in [1.807, 2.05) is 0 Å². The van der Waals surface area contributed by atoms with Crippen LogP contribution < -0.4 is 10.6 Å². The first-order valence-corrected chi connectivity index (χ1v) is 12.5. The first kappa shape index (κ1) is 25.9. The average Bonchev–Trinajstić information content (AvgIpc) is 2.81. The number of nitrogens with one attached hydrogen (secondary N) is 2. The lowest BCUT2D eigenvalue weighted by Gasteiger charge is -2.17. The van der Waals surface area contributed by atoms with Crippen molar-refractivity contribution in [1.82, 2.24) is 0 Å². The van der Waals surface area contributed by atoms with Gasteiger partial charge < -0.3 is 15.7 Å². The summed E-state index contributed by atoms with van der Waals surface area (Å²) < 4.78 is 26.0. The highest BCUT2D eigenvalue weighted by molar-refractivity contribution is 7.92. The Hall–Kier alpha value is -3.69. The minimum absolute atomic E-state index is 0.0605. The number of aromatic hydroxyl groups is 1. The molecule has 0 saturated carbocycles. The van der Waals surface area contributed by atoms with Crippen LogP contribution in [0, 0.1) is 6.92 Å². The monoisotopic (exact) mass is 513 g/mol. The van der Waals surface area contributed by atoms with Crippen molar-refractivity contribution >= 4 is 57.0 Å². The van der Waals surface area contributed by atoms with E-state index >= 15 is 0 Å². The highest BCUT2D eigenvalue weighted by Crippen LogP contribution is 2.30. The van der Waals surface area contributed by atoms with Gasteiger partial charge in [-0.1, -0.05) is 30.7 Å². The first-order chi connectivity index (χ1) is 16.6. The van der Waals surface area contributed by atoms with Gasteiger partial charge in [0.15, 0.2) is 9.84 Å². The van der Waals surface area contributed by atoms with Gasteiger partial charge in [0.05, 0.1) is 21.3 Å². The van der Waals surface area contributed by atoms with Crippen molar-refractivity contribution in [2.24, 2.45) is 4.99 Å². The lowest BCUT2D eigenvalue weighted by molar-refractivity contribution is -0.115. The second kappa shape index (κ2) is 10.7. The average molecular weight is 514 g/mol. The third kappa shape index (κ3) is 5.87. The molecule has 8 nitrogen and oxygen atoms in total. The normalized spacial score (nSPS) is 12.0. The molecule has 35 heavy (non-hydrogen) atoms. The molecule has 0 bridgehead atoms. The maximum Gasteiger partial charge on any atom is 0.255 e. The van der Waals surface area contributed by atoms with Crippen LogP contribution in [0.25, 0.3) is 0 Å². The number of aryl methyl sites for hydroxylation is 1. The Bertz CT molecular complexity index is 1410. The zero-order valence-corrected chi connectivity index (χ0v) is 20.7. The van der Waals surface area contributed by atoms with Crippen molar-refractivity contribution in [3.05, 3.63) is 76.8 Å². The summed E-state index contributed by atoms with van der Waals surface area (Å²) in [4.78, 5) is 29.1. The molecule has 0 aliphatic rings. The summed E-state index contributed by atoms with van der Waals surface area (Å²) in [6.45, 7) is 6.77. The highest BCUT2D eigenvalue weighted by atomic mass is 35.5. The molecule has 0 aliphatic heterocycles. The predicted octanol–water partition coefficient (Wildman–Crippen LogP) is 5.13. The molecule has 10 heteroatoms. The largest absolute Gasteiger partial charge is 0.506 e. The molecule has 0 heterocycles. The van der Waals surface area contributed by atoms with Crippen LogP contribution in [0.2, 0.25) is 5.02 Å². The first-order valence-electron chi connectivity index (χ1n) is 10.6. The lowest BCUT2D eigenvalue weighted by Crippen LogP contribution is -2.34. The molecule has 0 aromatic heterocycles. The standard InChI is InChI=1S/C25H24ClN3O5S/c1-4-23(35(33,34)18-7-5-6-15(2)12-18)25(32)28-17-9-11-21(22(30)14-17)29-24(31)16-8-10-20(27-3)19(26)13-16/h5-14,23,30H,3-4H2,1-2H3,(H,28,32)(H,29,31). The summed E-state index contributed by atoms with van der Waals surface area (Å²) in [5.74, 6) is -1.57. The third-order valence-corrected chi connectivity index (χ3v) is 7.76. The number of carbonyl (C=O) groups excluding carboxylic acids is 2. The SMILES string of the molecule is C=Nc1ccc(C(=O)Nc2ccc(NC(=O)C(CC)S(=O)(=O)c3cccc(C)c3)cc2O)cc1Cl. The van der Waals surface area contributed by atoms with Gasteiger partial charge in [0, 0.05) is 17.3 Å². The molecule has 2 amide bonds. The van der Waals surface area contributed by atoms with Crippen LogP contribution in [-0.4, -0.2) is 37.3 Å². The van der Waals surface area contributed by atoms with E-state index in [9.17, 15) is 23.1 Å². The maximum absolute atomic E-state index is 13.0. The van der Waals surface area contributed by atoms with Gasteiger partial charge in [-0.05, 0) is 68.1 Å². The number of sulfone groups is 1. The van der Waals surface area contributed by atoms with Crippen molar-refractivity contribution in [2.45, 2.75) is 30.4 Å². The van der Waals surface area contributed by atoms with E-state index in [4.69, 9.17) is 11.6 Å². The fraction of sp³-hybridized carbons (Fsp3) is 0.160. The smallest absolute Gasteiger partial charge is 0.255 e. The summed E-state index contributed by atoms with van der Waals surface area (Å²) in [7, 11) is -3.92. The Morgan fingerprint density at radius 2 is 1.83 bits per heavy atom. The van der Waals surface area contributed by atoms with Gasteiger partial charge in [-0.3, -0.25) is 14.6 Å². The van der Waals surface area contributed by atoms with Crippen LogP contribution in [0.3, 0.4) is 0 Å². The molecule has 3 rings (SSSR count). The van der Waals surface area contributed by atoms with Crippen LogP contribution >= 0.6 is 11.6 Å². The van der Waals surface area contributed by atoms with E-state index in [0.717, 1.165) is 5.56 Å². The quantitative estimate of drug-likeness (QED) is 0.284. The summed E-state index contributed by atoms with van der Waals surface area (Å²) in [5.41, 5.74) is 1.70. The van der Waals surface area contributed by atoms with Crippen molar-refractivity contribution in [2.75, 3.05) is 10.6 Å². The lowest BCUT2D eigenvalue weighted by atomic mass is 10.1. The Labute approximate surface area is 208 Å². The van der Waals surface area contributed by atoms with Crippen LogP contribution in [-0.2, 0) is 14.6 Å². The highest BCUT2D eigenvalue weighted by Gasteiger charge is 2.32. The molecule has 0 spiro atoms. The molecule has 1 unspecified atom stereocenters. The zero-order valence-electron chi connectivity index (χ0n) is 19.1. The number of aliphatic imine (C=N–C) groups is 1. The Morgan fingerprint density at radius 1 is 1.09 bits per heavy atom. The number of carbonyl (C=O) groups is 2. The van der Waals surface area contributed by atoms with E-state index in [-0.39, 0.29) is 39.0 Å². The summed E-state index contributed by atoms with van der Waals surface area (Å²) in [6, 6.07) is 14.9. The fourth-order valence-corrected chi connectivity index (χ4v) is 5.38. The minimum Gasteiger partial charge on any atom is -0.506 e. The Kier molecular flexibility index (Phi) is 7.93. The molecule has 1 atom stereocenters. The van der Waals surface area contributed by atoms with Gasteiger partial charge in [0.25, 0.3) is 5.91 Å². The number of halogens is 1. The van der Waals surface area contributed by atoms with Crippen molar-refractivity contribution in [1.29, 1.82) is 0 Å². The van der Waals surface area contributed by atoms with E-state index in [1.165, 1.54) is 48.5 Å². The van der Waals surface area contributed by atoms with E-state index in [2.05, 4.69) is 22.3 Å². The van der Waals surface area contributed by atoms with Crippen LogP contribution in [0.15, 0.2) is 70.6 Å². The fourth-order valence-electron chi connectivity index (χ4n) is 3.41. The number of hydrogen-bond donors (Lipinski definition) is 3. The van der Waals surface area contributed by atoms with Crippen molar-refractivity contribution in [3.63, 3.8) is 0 Å². The van der Waals surface area contributed by atoms with Crippen molar-refractivity contribution < 1.29 is 23.1 Å². The van der Waals surface area contributed by atoms with Crippen LogP contribution in [0.5, 0.6) is 5.75 Å². The summed E-state index contributed by atoms with van der Waals surface area (Å²) in [5, 5.41) is 14.4. The number of anilines is 2. The molecule has 3 aromatic rings. The van der Waals surface area contributed by atoms with Gasteiger partial charge in [-0.25, -0.2) is 8.42 Å². The Morgan fingerprint density at radius 3 is 2.43 bits per heavy atom. The number of amides is 2. The zero-order chi connectivity index (χ0) is 25.8. The minimum atomic E-state index is -3.92. The maximum atomic E-state index is 13.0. The number of hydrogen-bond acceptors (Lipinski definition) is 6. The topological polar surface area (TPSA) is 125 Å². The van der Waals surface area contributed by atoms with Gasteiger partial charge in [0.2, 0.25) is 5.91 Å². The molecule has 3 N–H and O–H groups in total.